The molecule has 1 heterocycles. The van der Waals surface area contributed by atoms with Crippen LogP contribution in [-0.4, -0.2) is 35.4 Å². The summed E-state index contributed by atoms with van der Waals surface area (Å²) in [7, 11) is 0. The van der Waals surface area contributed by atoms with Crippen molar-refractivity contribution in [2.24, 2.45) is 0 Å². The fourth-order valence-electron chi connectivity index (χ4n) is 3.03. The molecule has 0 aromatic carbocycles. The molecule has 0 bridgehead atoms. The Bertz CT molecular complexity index is 289. The summed E-state index contributed by atoms with van der Waals surface area (Å²) < 4.78 is 2.43. The Morgan fingerprint density at radius 1 is 0.909 bits per heavy atom. The molecule has 130 valence electrons. The van der Waals surface area contributed by atoms with E-state index in [0.717, 1.165) is 6.54 Å². The van der Waals surface area contributed by atoms with Gasteiger partial charge in [0.2, 0.25) is 6.34 Å². The number of unbranched alkanes of at least 4 members (excludes halogenated alkanes) is 11. The molecule has 0 aromatic heterocycles. The van der Waals surface area contributed by atoms with Gasteiger partial charge in [-0.25, -0.2) is 4.90 Å². The van der Waals surface area contributed by atoms with E-state index in [0.29, 0.717) is 0 Å². The summed E-state index contributed by atoms with van der Waals surface area (Å²) in [6.45, 7) is 9.61. The van der Waals surface area contributed by atoms with E-state index in [-0.39, 0.29) is 17.0 Å². The summed E-state index contributed by atoms with van der Waals surface area (Å²) >= 11 is 0. The summed E-state index contributed by atoms with van der Waals surface area (Å²) in [6, 6.07) is 0. The van der Waals surface area contributed by atoms with Crippen molar-refractivity contribution in [1.82, 2.24) is 4.90 Å². The molecule has 2 nitrogen and oxygen atoms in total. The van der Waals surface area contributed by atoms with Gasteiger partial charge in [0.25, 0.3) is 0 Å². The Morgan fingerprint density at radius 3 is 1.86 bits per heavy atom. The van der Waals surface area contributed by atoms with E-state index < -0.39 is 0 Å². The van der Waals surface area contributed by atoms with Crippen LogP contribution in [0.15, 0.2) is 12.8 Å². The number of hydrogen-bond acceptors (Lipinski definition) is 1. The van der Waals surface area contributed by atoms with Crippen molar-refractivity contribution in [2.75, 3.05) is 19.6 Å². The van der Waals surface area contributed by atoms with Crippen molar-refractivity contribution >= 4 is 6.34 Å². The van der Waals surface area contributed by atoms with Crippen LogP contribution in [0.4, 0.5) is 0 Å². The van der Waals surface area contributed by atoms with Crippen LogP contribution >= 0.6 is 0 Å². The third-order valence-electron chi connectivity index (χ3n) is 4.49. The lowest BCUT2D eigenvalue weighted by Gasteiger charge is -2.03. The lowest BCUT2D eigenvalue weighted by Crippen LogP contribution is -3.00. The lowest BCUT2D eigenvalue weighted by molar-refractivity contribution is -0.514. The van der Waals surface area contributed by atoms with Crippen LogP contribution in [0, 0.1) is 0 Å². The fourth-order valence-corrected chi connectivity index (χ4v) is 3.03. The Morgan fingerprint density at radius 2 is 1.41 bits per heavy atom. The minimum absolute atomic E-state index is 0. The summed E-state index contributed by atoms with van der Waals surface area (Å²) in [5.41, 5.74) is 0. The smallest absolute Gasteiger partial charge is 0.239 e. The molecule has 0 saturated heterocycles. The van der Waals surface area contributed by atoms with Gasteiger partial charge in [0.15, 0.2) is 0 Å². The van der Waals surface area contributed by atoms with Crippen molar-refractivity contribution in [3.63, 3.8) is 0 Å². The molecule has 0 atom stereocenters. The highest BCUT2D eigenvalue weighted by atomic mass is 79.9. The van der Waals surface area contributed by atoms with E-state index in [2.05, 4.69) is 29.3 Å². The molecule has 0 radical (unpaired) electrons. The summed E-state index contributed by atoms with van der Waals surface area (Å²) in [5, 5.41) is 0. The predicted molar refractivity (Wildman–Crippen MR) is 94.0 cm³/mol. The Labute approximate surface area is 149 Å². The molecule has 0 unspecified atom stereocenters. The number of hydrogen-bond donors (Lipinski definition) is 0. The van der Waals surface area contributed by atoms with E-state index in [4.69, 9.17) is 0 Å². The highest BCUT2D eigenvalue weighted by Gasteiger charge is 2.15. The summed E-state index contributed by atoms with van der Waals surface area (Å²) in [4.78, 5) is 2.18. The van der Waals surface area contributed by atoms with Crippen LogP contribution in [0.5, 0.6) is 0 Å². The van der Waals surface area contributed by atoms with Gasteiger partial charge in [-0.2, -0.15) is 0 Å². The SMILES string of the molecule is C=CN1C=[N+](CCCCCCCCCCCCCC)CC1.[Br-]. The molecule has 0 amide bonds. The standard InChI is InChI=1S/C19H37N2.BrH/c1-3-5-6-7-8-9-10-11-12-13-14-15-16-21-18-17-20(4-2)19-21;/h4,19H,2-3,5-18H2,1H3;1H/q+1;/p-1. The molecular weight excluding hydrogens is 336 g/mol. The van der Waals surface area contributed by atoms with Gasteiger partial charge in [0, 0.05) is 0 Å². The van der Waals surface area contributed by atoms with Crippen LogP contribution in [0.1, 0.15) is 84.0 Å². The second-order valence-corrected chi connectivity index (χ2v) is 6.46. The Hall–Kier alpha value is -0.310. The largest absolute Gasteiger partial charge is 1.00 e. The zero-order valence-electron chi connectivity index (χ0n) is 14.7. The van der Waals surface area contributed by atoms with Crippen molar-refractivity contribution in [3.05, 3.63) is 12.8 Å². The zero-order chi connectivity index (χ0) is 15.2. The van der Waals surface area contributed by atoms with Crippen LogP contribution in [0.3, 0.4) is 0 Å². The topological polar surface area (TPSA) is 6.25 Å². The molecular formula is C19H37BrN2. The third-order valence-corrected chi connectivity index (χ3v) is 4.49. The van der Waals surface area contributed by atoms with Gasteiger partial charge < -0.3 is 17.0 Å². The molecule has 22 heavy (non-hydrogen) atoms. The minimum Gasteiger partial charge on any atom is -1.00 e. The van der Waals surface area contributed by atoms with Crippen LogP contribution in [-0.2, 0) is 0 Å². The highest BCUT2D eigenvalue weighted by molar-refractivity contribution is 5.51. The van der Waals surface area contributed by atoms with Crippen molar-refractivity contribution in [3.8, 4) is 0 Å². The van der Waals surface area contributed by atoms with E-state index in [1.807, 2.05) is 6.20 Å². The molecule has 3 heteroatoms. The van der Waals surface area contributed by atoms with Gasteiger partial charge in [0.05, 0.1) is 12.7 Å². The van der Waals surface area contributed by atoms with Gasteiger partial charge in [-0.15, -0.1) is 0 Å². The monoisotopic (exact) mass is 372 g/mol. The first-order chi connectivity index (χ1) is 10.4. The van der Waals surface area contributed by atoms with Gasteiger partial charge in [0.1, 0.15) is 13.1 Å². The van der Waals surface area contributed by atoms with Crippen LogP contribution in [0.2, 0.25) is 0 Å². The Balaban J connectivity index is 0.00000441. The molecule has 0 spiro atoms. The molecule has 0 N–H and O–H groups in total. The number of halogens is 1. The second-order valence-electron chi connectivity index (χ2n) is 6.46. The zero-order valence-corrected chi connectivity index (χ0v) is 16.3. The first kappa shape index (κ1) is 21.7. The molecule has 0 saturated carbocycles. The lowest BCUT2D eigenvalue weighted by atomic mass is 10.1. The van der Waals surface area contributed by atoms with Crippen LogP contribution in [0.25, 0.3) is 0 Å². The number of nitrogens with zero attached hydrogens (tertiary/aromatic N) is 2. The van der Waals surface area contributed by atoms with Gasteiger partial charge in [-0.1, -0.05) is 77.7 Å². The summed E-state index contributed by atoms with van der Waals surface area (Å²) in [6.07, 6.45) is 21.3. The van der Waals surface area contributed by atoms with Crippen molar-refractivity contribution < 1.29 is 21.6 Å². The maximum Gasteiger partial charge on any atom is 0.239 e. The van der Waals surface area contributed by atoms with E-state index in [1.165, 1.54) is 90.1 Å². The van der Waals surface area contributed by atoms with Gasteiger partial charge in [-0.3, -0.25) is 4.58 Å². The first-order valence-electron chi connectivity index (χ1n) is 9.34. The maximum atomic E-state index is 3.81. The molecule has 1 aliphatic rings. The summed E-state index contributed by atoms with van der Waals surface area (Å²) in [5.74, 6) is 0. The van der Waals surface area contributed by atoms with Crippen molar-refractivity contribution in [2.45, 2.75) is 84.0 Å². The second kappa shape index (κ2) is 15.6. The molecule has 0 aliphatic carbocycles. The Kier molecular flexibility index (Phi) is 15.4. The molecule has 0 fully saturated rings. The molecule has 0 aromatic rings. The predicted octanol–water partition coefficient (Wildman–Crippen LogP) is 2.19. The van der Waals surface area contributed by atoms with E-state index in [9.17, 15) is 0 Å². The fraction of sp³-hybridized carbons (Fsp3) is 0.842. The highest BCUT2D eigenvalue weighted by Crippen LogP contribution is 2.12. The van der Waals surface area contributed by atoms with Gasteiger partial charge >= 0.3 is 0 Å². The number of rotatable bonds is 14. The third kappa shape index (κ3) is 11.3. The van der Waals surface area contributed by atoms with E-state index >= 15 is 0 Å². The average Bonchev–Trinajstić information content (AvgIpc) is 2.96. The van der Waals surface area contributed by atoms with E-state index in [1.54, 1.807) is 0 Å². The minimum atomic E-state index is 0. The van der Waals surface area contributed by atoms with Gasteiger partial charge in [-0.05, 0) is 12.8 Å². The van der Waals surface area contributed by atoms with Crippen molar-refractivity contribution in [1.29, 1.82) is 0 Å². The first-order valence-corrected chi connectivity index (χ1v) is 9.34. The van der Waals surface area contributed by atoms with Crippen LogP contribution < -0.4 is 17.0 Å². The molecule has 1 aliphatic heterocycles. The average molecular weight is 373 g/mol. The quantitative estimate of drug-likeness (QED) is 0.334. The maximum absolute atomic E-state index is 3.81. The normalized spacial score (nSPS) is 13.9. The molecule has 1 rings (SSSR count).